The molecule has 82 valence electrons. The van der Waals surface area contributed by atoms with E-state index in [0.29, 0.717) is 26.1 Å². The summed E-state index contributed by atoms with van der Waals surface area (Å²) in [6.45, 7) is 1.79. The van der Waals surface area contributed by atoms with Crippen LogP contribution in [-0.2, 0) is 9.53 Å². The first-order valence-corrected chi connectivity index (χ1v) is 4.92. The van der Waals surface area contributed by atoms with Crippen molar-refractivity contribution in [3.05, 3.63) is 0 Å². The molecule has 1 aliphatic rings. The minimum atomic E-state index is -0.385. The second kappa shape index (κ2) is 5.95. The summed E-state index contributed by atoms with van der Waals surface area (Å²) in [4.78, 5) is 11.4. The summed E-state index contributed by atoms with van der Waals surface area (Å²) >= 11 is 0. The number of aliphatic hydroxyl groups is 1. The molecule has 0 spiro atoms. The van der Waals surface area contributed by atoms with Gasteiger partial charge in [0.25, 0.3) is 0 Å². The van der Waals surface area contributed by atoms with Gasteiger partial charge in [-0.25, -0.2) is 0 Å². The Labute approximate surface area is 83.8 Å². The van der Waals surface area contributed by atoms with E-state index in [1.807, 2.05) is 0 Å². The molecular formula is C9H18N2O3. The van der Waals surface area contributed by atoms with Crippen molar-refractivity contribution in [2.45, 2.75) is 25.0 Å². The molecule has 5 heteroatoms. The largest absolute Gasteiger partial charge is 0.392 e. The molecule has 1 saturated heterocycles. The number of hydrogen-bond donors (Lipinski definition) is 3. The van der Waals surface area contributed by atoms with Crippen LogP contribution in [0, 0.1) is 0 Å². The maximum absolute atomic E-state index is 11.4. The standard InChI is InChI=1S/C9H18N2O3/c1-14-4-2-3-10-9(13)8-5-7(12)6-11-8/h7-8,11-12H,2-6H2,1H3,(H,10,13). The Kier molecular flexibility index (Phi) is 4.86. The monoisotopic (exact) mass is 202 g/mol. The third-order valence-corrected chi connectivity index (χ3v) is 2.25. The van der Waals surface area contributed by atoms with Gasteiger partial charge >= 0.3 is 0 Å². The highest BCUT2D eigenvalue weighted by atomic mass is 16.5. The van der Waals surface area contributed by atoms with Crippen LogP contribution in [0.1, 0.15) is 12.8 Å². The van der Waals surface area contributed by atoms with Gasteiger partial charge in [-0.15, -0.1) is 0 Å². The number of rotatable bonds is 5. The SMILES string of the molecule is COCCCNC(=O)C1CC(O)CN1. The van der Waals surface area contributed by atoms with Crippen LogP contribution in [0.3, 0.4) is 0 Å². The Morgan fingerprint density at radius 2 is 2.50 bits per heavy atom. The van der Waals surface area contributed by atoms with Crippen LogP contribution < -0.4 is 10.6 Å². The minimum Gasteiger partial charge on any atom is -0.392 e. The first-order chi connectivity index (χ1) is 6.74. The van der Waals surface area contributed by atoms with Crippen molar-refractivity contribution in [1.29, 1.82) is 0 Å². The molecule has 2 unspecified atom stereocenters. The van der Waals surface area contributed by atoms with Crippen molar-refractivity contribution in [3.8, 4) is 0 Å². The normalized spacial score (nSPS) is 26.4. The molecule has 1 amide bonds. The fraction of sp³-hybridized carbons (Fsp3) is 0.889. The van der Waals surface area contributed by atoms with E-state index in [-0.39, 0.29) is 18.1 Å². The summed E-state index contributed by atoms with van der Waals surface area (Å²) in [5.41, 5.74) is 0. The lowest BCUT2D eigenvalue weighted by Crippen LogP contribution is -2.40. The molecule has 1 rings (SSSR count). The molecule has 0 aliphatic carbocycles. The van der Waals surface area contributed by atoms with Gasteiger partial charge in [0, 0.05) is 26.8 Å². The Morgan fingerprint density at radius 3 is 3.07 bits per heavy atom. The number of β-amino-alcohol motifs (C(OH)–C–C–N with tert-alkyl or cyclic N) is 1. The van der Waals surface area contributed by atoms with Crippen LogP contribution in [0.2, 0.25) is 0 Å². The van der Waals surface area contributed by atoms with Crippen LogP contribution >= 0.6 is 0 Å². The number of ether oxygens (including phenoxy) is 1. The molecule has 1 fully saturated rings. The fourth-order valence-corrected chi connectivity index (χ4v) is 1.47. The summed E-state index contributed by atoms with van der Waals surface area (Å²) in [6.07, 6.45) is 0.942. The first kappa shape index (κ1) is 11.4. The average molecular weight is 202 g/mol. The highest BCUT2D eigenvalue weighted by Crippen LogP contribution is 2.05. The maximum atomic E-state index is 11.4. The predicted octanol–water partition coefficient (Wildman–Crippen LogP) is -1.14. The van der Waals surface area contributed by atoms with Crippen molar-refractivity contribution in [1.82, 2.24) is 10.6 Å². The van der Waals surface area contributed by atoms with E-state index in [9.17, 15) is 9.90 Å². The number of hydrogen-bond acceptors (Lipinski definition) is 4. The number of nitrogens with one attached hydrogen (secondary N) is 2. The van der Waals surface area contributed by atoms with E-state index in [0.717, 1.165) is 6.42 Å². The Hall–Kier alpha value is -0.650. The van der Waals surface area contributed by atoms with Gasteiger partial charge in [-0.05, 0) is 12.8 Å². The highest BCUT2D eigenvalue weighted by molar-refractivity contribution is 5.82. The second-order valence-electron chi connectivity index (χ2n) is 3.49. The molecule has 0 saturated carbocycles. The lowest BCUT2D eigenvalue weighted by Gasteiger charge is -2.10. The Bertz CT molecular complexity index is 187. The van der Waals surface area contributed by atoms with Gasteiger partial charge in [0.05, 0.1) is 12.1 Å². The molecule has 14 heavy (non-hydrogen) atoms. The van der Waals surface area contributed by atoms with Gasteiger partial charge in [-0.1, -0.05) is 0 Å². The van der Waals surface area contributed by atoms with Gasteiger partial charge in [0.1, 0.15) is 0 Å². The quantitative estimate of drug-likeness (QED) is 0.493. The van der Waals surface area contributed by atoms with E-state index in [1.54, 1.807) is 7.11 Å². The summed E-state index contributed by atoms with van der Waals surface area (Å²) in [7, 11) is 1.64. The molecule has 0 aromatic heterocycles. The number of carbonyl (C=O) groups is 1. The van der Waals surface area contributed by atoms with Gasteiger partial charge in [0.15, 0.2) is 0 Å². The summed E-state index contributed by atoms with van der Waals surface area (Å²) < 4.78 is 4.86. The topological polar surface area (TPSA) is 70.6 Å². The van der Waals surface area contributed by atoms with Crippen LogP contribution in [-0.4, -0.2) is 50.0 Å². The number of carbonyl (C=O) groups excluding carboxylic acids is 1. The second-order valence-corrected chi connectivity index (χ2v) is 3.49. The third kappa shape index (κ3) is 3.61. The van der Waals surface area contributed by atoms with E-state index >= 15 is 0 Å². The first-order valence-electron chi connectivity index (χ1n) is 4.92. The molecule has 1 heterocycles. The fourth-order valence-electron chi connectivity index (χ4n) is 1.47. The lowest BCUT2D eigenvalue weighted by atomic mass is 10.2. The number of aliphatic hydroxyl groups excluding tert-OH is 1. The summed E-state index contributed by atoms with van der Waals surface area (Å²) in [6, 6.07) is -0.229. The molecule has 0 aromatic carbocycles. The van der Waals surface area contributed by atoms with Crippen molar-refractivity contribution < 1.29 is 14.6 Å². The number of methoxy groups -OCH3 is 1. The van der Waals surface area contributed by atoms with Crippen molar-refractivity contribution >= 4 is 5.91 Å². The third-order valence-electron chi connectivity index (χ3n) is 2.25. The van der Waals surface area contributed by atoms with Crippen LogP contribution in [0.15, 0.2) is 0 Å². The zero-order chi connectivity index (χ0) is 10.4. The maximum Gasteiger partial charge on any atom is 0.237 e. The van der Waals surface area contributed by atoms with Gasteiger partial charge in [0.2, 0.25) is 5.91 Å². The van der Waals surface area contributed by atoms with Crippen LogP contribution in [0.4, 0.5) is 0 Å². The van der Waals surface area contributed by atoms with Crippen LogP contribution in [0.25, 0.3) is 0 Å². The molecule has 5 nitrogen and oxygen atoms in total. The number of amides is 1. The highest BCUT2D eigenvalue weighted by Gasteiger charge is 2.27. The molecule has 3 N–H and O–H groups in total. The van der Waals surface area contributed by atoms with Gasteiger partial charge in [-0.3, -0.25) is 4.79 Å². The zero-order valence-electron chi connectivity index (χ0n) is 8.45. The summed E-state index contributed by atoms with van der Waals surface area (Å²) in [5, 5.41) is 14.9. The van der Waals surface area contributed by atoms with Crippen LogP contribution in [0.5, 0.6) is 0 Å². The molecule has 0 radical (unpaired) electrons. The predicted molar refractivity (Wildman–Crippen MR) is 51.9 cm³/mol. The summed E-state index contributed by atoms with van der Waals surface area (Å²) in [5.74, 6) is -0.0300. The molecule has 2 atom stereocenters. The smallest absolute Gasteiger partial charge is 0.237 e. The Morgan fingerprint density at radius 1 is 1.71 bits per heavy atom. The van der Waals surface area contributed by atoms with Crippen molar-refractivity contribution in [2.75, 3.05) is 26.8 Å². The van der Waals surface area contributed by atoms with E-state index in [1.165, 1.54) is 0 Å². The van der Waals surface area contributed by atoms with E-state index in [2.05, 4.69) is 10.6 Å². The Balaban J connectivity index is 2.09. The average Bonchev–Trinajstić information content (AvgIpc) is 2.59. The van der Waals surface area contributed by atoms with Gasteiger partial charge in [-0.2, -0.15) is 0 Å². The molecule has 0 aromatic rings. The van der Waals surface area contributed by atoms with E-state index in [4.69, 9.17) is 4.74 Å². The molecular weight excluding hydrogens is 184 g/mol. The molecule has 0 bridgehead atoms. The molecule has 1 aliphatic heterocycles. The van der Waals surface area contributed by atoms with E-state index < -0.39 is 0 Å². The zero-order valence-corrected chi connectivity index (χ0v) is 8.45. The minimum absolute atomic E-state index is 0.0300. The van der Waals surface area contributed by atoms with Crippen molar-refractivity contribution in [2.24, 2.45) is 0 Å². The van der Waals surface area contributed by atoms with Crippen molar-refractivity contribution in [3.63, 3.8) is 0 Å². The lowest BCUT2D eigenvalue weighted by molar-refractivity contribution is -0.122. The van der Waals surface area contributed by atoms with Gasteiger partial charge < -0.3 is 20.5 Å².